The first-order valence-electron chi connectivity index (χ1n) is 6.41. The molecule has 0 bridgehead atoms. The van der Waals surface area contributed by atoms with Crippen LogP contribution in [0.5, 0.6) is 0 Å². The first-order valence-corrected chi connectivity index (χ1v) is 6.95. The predicted molar refractivity (Wildman–Crippen MR) is 82.7 cm³/mol. The molecular formula is C12H20ClN7O. The van der Waals surface area contributed by atoms with Gasteiger partial charge < -0.3 is 14.5 Å². The normalized spacial score (nSPS) is 11.7. The van der Waals surface area contributed by atoms with Crippen molar-refractivity contribution in [3.63, 3.8) is 0 Å². The Hall–Kier alpha value is -1.85. The minimum atomic E-state index is -0.617. The highest BCUT2D eigenvalue weighted by Crippen LogP contribution is 2.19. The first kappa shape index (κ1) is 17.2. The van der Waals surface area contributed by atoms with Crippen LogP contribution in [-0.4, -0.2) is 61.9 Å². The molecule has 1 unspecified atom stereocenters. The molecule has 0 fully saturated rings. The molecule has 0 radical (unpaired) electrons. The first-order chi connectivity index (χ1) is 9.94. The summed E-state index contributed by atoms with van der Waals surface area (Å²) in [7, 11) is 7.27. The van der Waals surface area contributed by atoms with Crippen molar-refractivity contribution in [2.45, 2.75) is 13.2 Å². The van der Waals surface area contributed by atoms with Gasteiger partial charge in [0.25, 0.3) is 0 Å². The maximum Gasteiger partial charge on any atom is 0.247 e. The van der Waals surface area contributed by atoms with Crippen LogP contribution in [-0.2, 0) is 4.74 Å². The minimum Gasteiger partial charge on any atom is -0.356 e. The lowest BCUT2D eigenvalue weighted by molar-refractivity contribution is 0.0827. The summed E-state index contributed by atoms with van der Waals surface area (Å²) in [5.41, 5.74) is 0. The standard InChI is InChI=1S/C12H20ClN7O/c1-6-21-9(7-13)20(8-14)12-16-10(18(2)3)15-11(17-12)19(4)5/h9H,6-7H2,1-5H3. The molecule has 21 heavy (non-hydrogen) atoms. The van der Waals surface area contributed by atoms with Gasteiger partial charge in [-0.15, -0.1) is 11.6 Å². The zero-order valence-corrected chi connectivity index (χ0v) is 13.7. The van der Waals surface area contributed by atoms with Gasteiger partial charge in [-0.05, 0) is 6.92 Å². The van der Waals surface area contributed by atoms with Gasteiger partial charge in [0.2, 0.25) is 17.8 Å². The molecule has 0 aliphatic carbocycles. The second kappa shape index (κ2) is 7.81. The molecule has 0 N–H and O–H groups in total. The predicted octanol–water partition coefficient (Wildman–Crippen LogP) is 0.892. The summed E-state index contributed by atoms with van der Waals surface area (Å²) in [5, 5.41) is 9.38. The van der Waals surface area contributed by atoms with Gasteiger partial charge in [-0.1, -0.05) is 0 Å². The van der Waals surface area contributed by atoms with E-state index in [1.807, 2.05) is 41.3 Å². The SMILES string of the molecule is CCOC(CCl)N(C#N)c1nc(N(C)C)nc(N(C)C)n1. The van der Waals surface area contributed by atoms with Gasteiger partial charge in [0, 0.05) is 34.8 Å². The van der Waals surface area contributed by atoms with Crippen molar-refractivity contribution in [3.05, 3.63) is 0 Å². The zero-order chi connectivity index (χ0) is 16.0. The number of rotatable bonds is 7. The van der Waals surface area contributed by atoms with E-state index in [9.17, 15) is 5.26 Å². The molecule has 8 nitrogen and oxygen atoms in total. The third-order valence-corrected chi connectivity index (χ3v) is 2.77. The van der Waals surface area contributed by atoms with Crippen LogP contribution >= 0.6 is 11.6 Å². The van der Waals surface area contributed by atoms with Gasteiger partial charge in [-0.2, -0.15) is 20.2 Å². The molecule has 1 aromatic heterocycles. The maximum atomic E-state index is 9.38. The average molecular weight is 314 g/mol. The summed E-state index contributed by atoms with van der Waals surface area (Å²) >= 11 is 5.86. The average Bonchev–Trinajstić information content (AvgIpc) is 2.46. The number of nitriles is 1. The maximum absolute atomic E-state index is 9.38. The van der Waals surface area contributed by atoms with Gasteiger partial charge in [-0.3, -0.25) is 0 Å². The Bertz CT molecular complexity index is 477. The lowest BCUT2D eigenvalue weighted by Gasteiger charge is -2.24. The Balaban J connectivity index is 3.28. The molecule has 1 aromatic rings. The summed E-state index contributed by atoms with van der Waals surface area (Å²) in [5.74, 6) is 1.24. The molecule has 1 atom stereocenters. The third kappa shape index (κ3) is 4.31. The number of hydrogen-bond donors (Lipinski definition) is 0. The quantitative estimate of drug-likeness (QED) is 0.318. The van der Waals surface area contributed by atoms with E-state index in [-0.39, 0.29) is 11.8 Å². The van der Waals surface area contributed by atoms with Crippen LogP contribution in [0.1, 0.15) is 6.92 Å². The van der Waals surface area contributed by atoms with Crippen LogP contribution in [0.25, 0.3) is 0 Å². The highest BCUT2D eigenvalue weighted by molar-refractivity contribution is 6.18. The molecule has 1 heterocycles. The third-order valence-electron chi connectivity index (χ3n) is 2.50. The molecule has 9 heteroatoms. The molecule has 0 spiro atoms. The van der Waals surface area contributed by atoms with E-state index in [0.29, 0.717) is 18.5 Å². The summed E-state index contributed by atoms with van der Waals surface area (Å²) in [6, 6.07) is 0. The van der Waals surface area contributed by atoms with Crippen molar-refractivity contribution in [1.82, 2.24) is 15.0 Å². The Labute approximate surface area is 129 Å². The van der Waals surface area contributed by atoms with Crippen LogP contribution < -0.4 is 14.7 Å². The molecule has 0 saturated carbocycles. The smallest absolute Gasteiger partial charge is 0.247 e. The van der Waals surface area contributed by atoms with Crippen LogP contribution in [0.4, 0.5) is 17.8 Å². The number of alkyl halides is 1. The number of halogens is 1. The van der Waals surface area contributed by atoms with Gasteiger partial charge in [0.1, 0.15) is 0 Å². The van der Waals surface area contributed by atoms with Crippen molar-refractivity contribution < 1.29 is 4.74 Å². The van der Waals surface area contributed by atoms with Crippen molar-refractivity contribution in [2.75, 3.05) is 55.4 Å². The Morgan fingerprint density at radius 2 is 1.57 bits per heavy atom. The summed E-state index contributed by atoms with van der Waals surface area (Å²) in [6.45, 7) is 2.26. The number of aromatic nitrogens is 3. The van der Waals surface area contributed by atoms with Crippen molar-refractivity contribution >= 4 is 29.4 Å². The van der Waals surface area contributed by atoms with E-state index in [0.717, 1.165) is 0 Å². The van der Waals surface area contributed by atoms with Crippen LogP contribution in [0, 0.1) is 11.5 Å². The lowest BCUT2D eigenvalue weighted by atomic mass is 10.5. The van der Waals surface area contributed by atoms with Gasteiger partial charge in [0.15, 0.2) is 12.4 Å². The number of hydrogen-bond acceptors (Lipinski definition) is 8. The lowest BCUT2D eigenvalue weighted by Crippen LogP contribution is -2.37. The van der Waals surface area contributed by atoms with Crippen LogP contribution in [0.15, 0.2) is 0 Å². The topological polar surface area (TPSA) is 81.4 Å². The Morgan fingerprint density at radius 1 is 1.10 bits per heavy atom. The van der Waals surface area contributed by atoms with E-state index >= 15 is 0 Å². The molecule has 0 aliphatic rings. The number of ether oxygens (including phenoxy) is 1. The number of nitrogens with zero attached hydrogens (tertiary/aromatic N) is 7. The van der Waals surface area contributed by atoms with Crippen LogP contribution in [0.2, 0.25) is 0 Å². The molecule has 0 aliphatic heterocycles. The number of anilines is 3. The fourth-order valence-electron chi connectivity index (χ4n) is 1.47. The van der Waals surface area contributed by atoms with Gasteiger partial charge in [-0.25, -0.2) is 4.90 Å². The van der Waals surface area contributed by atoms with Crippen molar-refractivity contribution in [1.29, 1.82) is 5.26 Å². The second-order valence-corrected chi connectivity index (χ2v) is 4.87. The van der Waals surface area contributed by atoms with Gasteiger partial charge in [0.05, 0.1) is 5.88 Å². The van der Waals surface area contributed by atoms with Crippen LogP contribution in [0.3, 0.4) is 0 Å². The highest BCUT2D eigenvalue weighted by Gasteiger charge is 2.23. The minimum absolute atomic E-state index is 0.127. The largest absolute Gasteiger partial charge is 0.356 e. The molecule has 0 aromatic carbocycles. The molecule has 0 amide bonds. The van der Waals surface area contributed by atoms with Crippen molar-refractivity contribution in [2.24, 2.45) is 0 Å². The molecule has 1 rings (SSSR count). The monoisotopic (exact) mass is 313 g/mol. The highest BCUT2D eigenvalue weighted by atomic mass is 35.5. The summed E-state index contributed by atoms with van der Waals surface area (Å²) in [4.78, 5) is 17.6. The Kier molecular flexibility index (Phi) is 6.39. The van der Waals surface area contributed by atoms with Gasteiger partial charge >= 0.3 is 0 Å². The zero-order valence-electron chi connectivity index (χ0n) is 12.9. The molecule has 0 saturated heterocycles. The molecular weight excluding hydrogens is 294 g/mol. The summed E-state index contributed by atoms with van der Waals surface area (Å²) in [6.07, 6.45) is 1.40. The van der Waals surface area contributed by atoms with E-state index in [2.05, 4.69) is 15.0 Å². The second-order valence-electron chi connectivity index (χ2n) is 4.56. The fraction of sp³-hybridized carbons (Fsp3) is 0.667. The van der Waals surface area contributed by atoms with E-state index < -0.39 is 6.23 Å². The fourth-order valence-corrected chi connectivity index (χ4v) is 1.70. The van der Waals surface area contributed by atoms with E-state index in [4.69, 9.17) is 16.3 Å². The molecule has 116 valence electrons. The van der Waals surface area contributed by atoms with E-state index in [1.54, 1.807) is 9.80 Å². The van der Waals surface area contributed by atoms with E-state index in [1.165, 1.54) is 4.90 Å². The van der Waals surface area contributed by atoms with Crippen molar-refractivity contribution in [3.8, 4) is 6.19 Å². The summed E-state index contributed by atoms with van der Waals surface area (Å²) < 4.78 is 5.44. The Morgan fingerprint density at radius 3 is 1.90 bits per heavy atom.